The first kappa shape index (κ1) is 15.8. The van der Waals surface area contributed by atoms with Crippen molar-refractivity contribution >= 4 is 17.3 Å². The average molecular weight is 289 g/mol. The average Bonchev–Trinajstić information content (AvgIpc) is 2.80. The number of rotatable bonds is 7. The van der Waals surface area contributed by atoms with E-state index in [1.54, 1.807) is 0 Å². The van der Waals surface area contributed by atoms with Gasteiger partial charge >= 0.3 is 0 Å². The van der Waals surface area contributed by atoms with Crippen molar-refractivity contribution in [2.24, 2.45) is 5.92 Å². The van der Waals surface area contributed by atoms with Crippen LogP contribution in [0.3, 0.4) is 0 Å². The zero-order valence-electron chi connectivity index (χ0n) is 13.6. The Labute approximate surface area is 127 Å². The number of carbonyl (C=O) groups is 1. The van der Waals surface area contributed by atoms with E-state index in [2.05, 4.69) is 54.5 Å². The maximum Gasteiger partial charge on any atom is 0.246 e. The Morgan fingerprint density at radius 3 is 2.71 bits per heavy atom. The number of likely N-dealkylation sites (N-methyl/N-ethyl adjacent to an activating group) is 1. The summed E-state index contributed by atoms with van der Waals surface area (Å²) in [5.74, 6) is 0.719. The second-order valence-corrected chi connectivity index (χ2v) is 5.80. The van der Waals surface area contributed by atoms with Crippen LogP contribution in [0.15, 0.2) is 18.2 Å². The largest absolute Gasteiger partial charge is 0.371 e. The van der Waals surface area contributed by atoms with E-state index in [1.807, 2.05) is 6.92 Å². The van der Waals surface area contributed by atoms with Gasteiger partial charge in [0, 0.05) is 30.0 Å². The lowest BCUT2D eigenvalue weighted by Gasteiger charge is -2.26. The molecule has 0 aliphatic carbocycles. The summed E-state index contributed by atoms with van der Waals surface area (Å²) in [6.07, 6.45) is 1.18. The number of nitrogens with one attached hydrogen (secondary N) is 2. The molecule has 1 heterocycles. The fraction of sp³-hybridized carbons (Fsp3) is 0.588. The van der Waals surface area contributed by atoms with E-state index >= 15 is 0 Å². The van der Waals surface area contributed by atoms with Gasteiger partial charge in [0.2, 0.25) is 5.91 Å². The third-order valence-corrected chi connectivity index (χ3v) is 4.25. The molecule has 4 heteroatoms. The van der Waals surface area contributed by atoms with E-state index in [9.17, 15) is 4.79 Å². The highest BCUT2D eigenvalue weighted by Crippen LogP contribution is 2.34. The van der Waals surface area contributed by atoms with Crippen LogP contribution in [0.4, 0.5) is 11.4 Å². The van der Waals surface area contributed by atoms with Crippen LogP contribution in [0.2, 0.25) is 0 Å². The molecule has 0 saturated carbocycles. The van der Waals surface area contributed by atoms with Gasteiger partial charge in [-0.05, 0) is 31.5 Å². The van der Waals surface area contributed by atoms with E-state index in [-0.39, 0.29) is 11.9 Å². The van der Waals surface area contributed by atoms with Crippen LogP contribution >= 0.6 is 0 Å². The lowest BCUT2D eigenvalue weighted by molar-refractivity contribution is -0.117. The normalized spacial score (nSPS) is 18.3. The number of hydrogen-bond acceptors (Lipinski definition) is 3. The molecule has 2 N–H and O–H groups in total. The van der Waals surface area contributed by atoms with Crippen LogP contribution in [0, 0.1) is 5.92 Å². The second-order valence-electron chi connectivity index (χ2n) is 5.80. The number of hydrogen-bond donors (Lipinski definition) is 2. The van der Waals surface area contributed by atoms with Gasteiger partial charge < -0.3 is 15.5 Å². The Hall–Kier alpha value is -1.55. The minimum atomic E-state index is -0.205. The van der Waals surface area contributed by atoms with Gasteiger partial charge in [0.05, 0.1) is 0 Å². The van der Waals surface area contributed by atoms with E-state index in [4.69, 9.17) is 0 Å². The Bertz CT molecular complexity index is 501. The highest BCUT2D eigenvalue weighted by Gasteiger charge is 2.30. The number of amides is 1. The van der Waals surface area contributed by atoms with Crippen LogP contribution < -0.4 is 15.5 Å². The topological polar surface area (TPSA) is 44.4 Å². The fourth-order valence-electron chi connectivity index (χ4n) is 2.78. The molecule has 0 spiro atoms. The molecule has 0 bridgehead atoms. The summed E-state index contributed by atoms with van der Waals surface area (Å²) in [6, 6.07) is 6.12. The van der Waals surface area contributed by atoms with Crippen LogP contribution in [0.5, 0.6) is 0 Å². The highest BCUT2D eigenvalue weighted by molar-refractivity contribution is 6.03. The lowest BCUT2D eigenvalue weighted by Crippen LogP contribution is -2.28. The maximum atomic E-state index is 12.0. The minimum Gasteiger partial charge on any atom is -0.371 e. The number of benzene rings is 1. The van der Waals surface area contributed by atoms with Crippen molar-refractivity contribution in [2.45, 2.75) is 40.2 Å². The highest BCUT2D eigenvalue weighted by atomic mass is 16.2. The zero-order valence-corrected chi connectivity index (χ0v) is 13.6. The summed E-state index contributed by atoms with van der Waals surface area (Å²) in [5, 5.41) is 6.22. The molecule has 2 atom stereocenters. The van der Waals surface area contributed by atoms with Gasteiger partial charge in [-0.15, -0.1) is 0 Å². The van der Waals surface area contributed by atoms with E-state index in [0.29, 0.717) is 5.92 Å². The van der Waals surface area contributed by atoms with Gasteiger partial charge in [-0.3, -0.25) is 4.79 Å². The molecule has 1 aliphatic rings. The first-order chi connectivity index (χ1) is 10.1. The third kappa shape index (κ3) is 3.38. The van der Waals surface area contributed by atoms with Gasteiger partial charge in [-0.1, -0.05) is 33.3 Å². The third-order valence-electron chi connectivity index (χ3n) is 4.25. The van der Waals surface area contributed by atoms with Crippen LogP contribution in [0.1, 0.15) is 45.7 Å². The van der Waals surface area contributed by atoms with Crippen molar-refractivity contribution in [1.82, 2.24) is 5.32 Å². The Kier molecular flexibility index (Phi) is 5.23. The zero-order chi connectivity index (χ0) is 15.4. The Balaban J connectivity index is 2.21. The fourth-order valence-corrected chi connectivity index (χ4v) is 2.78. The molecule has 1 aromatic rings. The smallest absolute Gasteiger partial charge is 0.246 e. The van der Waals surface area contributed by atoms with Gasteiger partial charge in [0.15, 0.2) is 0 Å². The van der Waals surface area contributed by atoms with Crippen molar-refractivity contribution in [3.63, 3.8) is 0 Å². The van der Waals surface area contributed by atoms with Gasteiger partial charge in [0.1, 0.15) is 6.04 Å². The van der Waals surface area contributed by atoms with Crippen LogP contribution in [-0.4, -0.2) is 25.5 Å². The van der Waals surface area contributed by atoms with Crippen molar-refractivity contribution in [3.8, 4) is 0 Å². The van der Waals surface area contributed by atoms with Crippen molar-refractivity contribution < 1.29 is 4.79 Å². The molecular weight excluding hydrogens is 262 g/mol. The van der Waals surface area contributed by atoms with Gasteiger partial charge in [-0.2, -0.15) is 0 Å². The number of anilines is 2. The molecule has 0 radical (unpaired) electrons. The van der Waals surface area contributed by atoms with E-state index in [0.717, 1.165) is 30.9 Å². The van der Waals surface area contributed by atoms with Crippen LogP contribution in [-0.2, 0) is 4.79 Å². The molecule has 0 fully saturated rings. The van der Waals surface area contributed by atoms with Gasteiger partial charge in [0.25, 0.3) is 0 Å². The summed E-state index contributed by atoms with van der Waals surface area (Å²) in [4.78, 5) is 14.4. The summed E-state index contributed by atoms with van der Waals surface area (Å²) >= 11 is 0. The number of fused-ring (bicyclic) bond motifs is 1. The van der Waals surface area contributed by atoms with Crippen LogP contribution in [0.25, 0.3) is 0 Å². The summed E-state index contributed by atoms with van der Waals surface area (Å²) < 4.78 is 0. The minimum absolute atomic E-state index is 0.0500. The quantitative estimate of drug-likeness (QED) is 0.810. The number of carbonyl (C=O) groups excluding carboxylic acids is 1. The second kappa shape index (κ2) is 6.94. The number of nitrogens with zero attached hydrogens (tertiary/aromatic N) is 1. The molecule has 2 unspecified atom stereocenters. The lowest BCUT2D eigenvalue weighted by atomic mass is 10.1. The molecular formula is C17H27N3O. The maximum absolute atomic E-state index is 12.0. The Morgan fingerprint density at radius 1 is 1.33 bits per heavy atom. The van der Waals surface area contributed by atoms with Crippen molar-refractivity contribution in [1.29, 1.82) is 0 Å². The first-order valence-corrected chi connectivity index (χ1v) is 8.03. The predicted molar refractivity (Wildman–Crippen MR) is 88.8 cm³/mol. The standard InChI is InChI=1S/C17H27N3O/c1-5-12(4)11-20(7-3)13-8-9-14-15(10-13)19-17(21)16(14)18-6-2/h8-10,12,16,18H,5-7,11H2,1-4H3,(H,19,21). The summed E-state index contributed by atoms with van der Waals surface area (Å²) in [7, 11) is 0. The molecule has 0 saturated heterocycles. The van der Waals surface area contributed by atoms with E-state index < -0.39 is 0 Å². The molecule has 21 heavy (non-hydrogen) atoms. The summed E-state index contributed by atoms with van der Waals surface area (Å²) in [6.45, 7) is 11.5. The first-order valence-electron chi connectivity index (χ1n) is 8.03. The molecule has 2 rings (SSSR count). The predicted octanol–water partition coefficient (Wildman–Crippen LogP) is 3.16. The molecule has 116 valence electrons. The molecule has 4 nitrogen and oxygen atoms in total. The molecule has 1 aliphatic heterocycles. The van der Waals surface area contributed by atoms with E-state index in [1.165, 1.54) is 12.1 Å². The van der Waals surface area contributed by atoms with Gasteiger partial charge in [-0.25, -0.2) is 0 Å². The Morgan fingerprint density at radius 2 is 2.10 bits per heavy atom. The molecule has 1 amide bonds. The van der Waals surface area contributed by atoms with Crippen molar-refractivity contribution in [3.05, 3.63) is 23.8 Å². The molecule has 0 aromatic heterocycles. The molecule has 1 aromatic carbocycles. The monoisotopic (exact) mass is 289 g/mol. The SMILES string of the molecule is CCNC1C(=O)Nc2cc(N(CC)CC(C)CC)ccc21. The summed E-state index contributed by atoms with van der Waals surface area (Å²) in [5.41, 5.74) is 3.20. The van der Waals surface area contributed by atoms with Crippen molar-refractivity contribution in [2.75, 3.05) is 29.9 Å².